The molecule has 9 aromatic rings. The number of hydrogen-bond acceptors (Lipinski definition) is 3. The molecule has 3 heteroatoms. The molecule has 0 fully saturated rings. The molecule has 12 rings (SSSR count). The maximum absolute atomic E-state index is 7.12. The van der Waals surface area contributed by atoms with Crippen LogP contribution in [0.3, 0.4) is 0 Å². The van der Waals surface area contributed by atoms with Gasteiger partial charge in [-0.25, -0.2) is 0 Å². The van der Waals surface area contributed by atoms with E-state index < -0.39 is 5.41 Å². The molecule has 9 aromatic carbocycles. The van der Waals surface area contributed by atoms with Gasteiger partial charge in [-0.2, -0.15) is 0 Å². The van der Waals surface area contributed by atoms with Crippen molar-refractivity contribution in [2.75, 3.05) is 4.90 Å². The van der Waals surface area contributed by atoms with E-state index in [9.17, 15) is 0 Å². The Hall–Kier alpha value is -7.62. The van der Waals surface area contributed by atoms with E-state index in [-0.39, 0.29) is 0 Å². The Labute approximate surface area is 337 Å². The highest BCUT2D eigenvalue weighted by molar-refractivity contribution is 5.97. The highest BCUT2D eigenvalue weighted by Gasteiger charge is 2.52. The van der Waals surface area contributed by atoms with E-state index in [0.29, 0.717) is 23.0 Å². The summed E-state index contributed by atoms with van der Waals surface area (Å²) < 4.78 is 14.1. The molecule has 58 heavy (non-hydrogen) atoms. The van der Waals surface area contributed by atoms with Crippen LogP contribution in [0.15, 0.2) is 212 Å². The molecule has 0 atom stereocenters. The molecular weight excluding hydrogens is 707 g/mol. The van der Waals surface area contributed by atoms with Crippen LogP contribution in [0.4, 0.5) is 17.1 Å². The van der Waals surface area contributed by atoms with Crippen LogP contribution >= 0.6 is 0 Å². The van der Waals surface area contributed by atoms with Crippen molar-refractivity contribution in [1.82, 2.24) is 0 Å². The summed E-state index contributed by atoms with van der Waals surface area (Å²) in [6.07, 6.45) is 0. The third-order valence-electron chi connectivity index (χ3n) is 12.1. The lowest BCUT2D eigenvalue weighted by Gasteiger charge is -2.33. The second-order valence-corrected chi connectivity index (χ2v) is 15.2. The minimum atomic E-state index is -0.467. The topological polar surface area (TPSA) is 21.7 Å². The Kier molecular flexibility index (Phi) is 7.14. The fraction of sp³-hybridized carbons (Fsp3) is 0.0182. The highest BCUT2D eigenvalue weighted by atomic mass is 16.6. The van der Waals surface area contributed by atoms with E-state index in [1.165, 1.54) is 50.1 Å². The normalized spacial score (nSPS) is 13.2. The molecular formula is C55H35NO2. The molecule has 1 heterocycles. The van der Waals surface area contributed by atoms with Crippen molar-refractivity contribution in [1.29, 1.82) is 0 Å². The molecule has 0 radical (unpaired) electrons. The Morgan fingerprint density at radius 2 is 0.828 bits per heavy atom. The molecule has 3 nitrogen and oxygen atoms in total. The van der Waals surface area contributed by atoms with Crippen molar-refractivity contribution in [3.8, 4) is 67.5 Å². The van der Waals surface area contributed by atoms with E-state index in [4.69, 9.17) is 9.47 Å². The Bertz CT molecular complexity index is 3030. The Morgan fingerprint density at radius 3 is 1.53 bits per heavy atom. The molecule has 0 aromatic heterocycles. The standard InChI is InChI=1S/C55H35NO2/c1-3-17-36(18-4-1)37-19-15-20-38(33-37)40-23-10-14-30-49(40)56(39-21-5-2-6-22-39)50-31-16-32-51-54(50)58-52-34-44-43-26-9-13-29-47(43)55(48(44)35-53(52)57-51)45-27-11-7-24-41(45)42-25-8-12-28-46(42)55/h1-35H. The van der Waals surface area contributed by atoms with Crippen molar-refractivity contribution in [2.24, 2.45) is 0 Å². The first-order valence-corrected chi connectivity index (χ1v) is 19.8. The van der Waals surface area contributed by atoms with Gasteiger partial charge >= 0.3 is 0 Å². The highest BCUT2D eigenvalue weighted by Crippen LogP contribution is 2.65. The van der Waals surface area contributed by atoms with Gasteiger partial charge in [0.05, 0.1) is 16.8 Å². The van der Waals surface area contributed by atoms with Crippen LogP contribution in [-0.4, -0.2) is 0 Å². The number of para-hydroxylation sites is 3. The largest absolute Gasteiger partial charge is 0.449 e. The summed E-state index contributed by atoms with van der Waals surface area (Å²) in [4.78, 5) is 2.29. The molecule has 1 spiro atoms. The first kappa shape index (κ1) is 32.6. The summed E-state index contributed by atoms with van der Waals surface area (Å²) >= 11 is 0. The van der Waals surface area contributed by atoms with Crippen LogP contribution < -0.4 is 14.4 Å². The average Bonchev–Trinajstić information content (AvgIpc) is 3.75. The quantitative estimate of drug-likeness (QED) is 0.175. The van der Waals surface area contributed by atoms with E-state index >= 15 is 0 Å². The maximum atomic E-state index is 7.12. The molecule has 0 unspecified atom stereocenters. The third-order valence-corrected chi connectivity index (χ3v) is 12.1. The molecule has 0 saturated carbocycles. The fourth-order valence-corrected chi connectivity index (χ4v) is 9.74. The number of ether oxygens (including phenoxy) is 2. The third kappa shape index (κ3) is 4.68. The van der Waals surface area contributed by atoms with Gasteiger partial charge in [-0.15, -0.1) is 0 Å². The minimum Gasteiger partial charge on any atom is -0.449 e. The van der Waals surface area contributed by atoms with Crippen molar-refractivity contribution in [3.63, 3.8) is 0 Å². The van der Waals surface area contributed by atoms with Crippen molar-refractivity contribution >= 4 is 17.1 Å². The van der Waals surface area contributed by atoms with E-state index in [2.05, 4.69) is 211 Å². The van der Waals surface area contributed by atoms with Crippen LogP contribution in [0, 0.1) is 0 Å². The number of fused-ring (bicyclic) bond motifs is 12. The smallest absolute Gasteiger partial charge is 0.194 e. The van der Waals surface area contributed by atoms with Crippen LogP contribution in [0.1, 0.15) is 22.3 Å². The fourth-order valence-electron chi connectivity index (χ4n) is 9.74. The second-order valence-electron chi connectivity index (χ2n) is 15.2. The molecule has 2 aliphatic carbocycles. The predicted octanol–water partition coefficient (Wildman–Crippen LogP) is 14.7. The predicted molar refractivity (Wildman–Crippen MR) is 235 cm³/mol. The van der Waals surface area contributed by atoms with Gasteiger partial charge in [-0.1, -0.05) is 164 Å². The summed E-state index contributed by atoms with van der Waals surface area (Å²) in [6.45, 7) is 0. The van der Waals surface area contributed by atoms with E-state index in [0.717, 1.165) is 33.8 Å². The van der Waals surface area contributed by atoms with Gasteiger partial charge in [0.15, 0.2) is 23.0 Å². The van der Waals surface area contributed by atoms with Crippen LogP contribution in [0.5, 0.6) is 23.0 Å². The molecule has 0 bridgehead atoms. The summed E-state index contributed by atoms with van der Waals surface area (Å²) in [6, 6.07) is 75.7. The molecule has 0 saturated heterocycles. The maximum Gasteiger partial charge on any atom is 0.194 e. The van der Waals surface area contributed by atoms with Gasteiger partial charge in [0.25, 0.3) is 0 Å². The minimum absolute atomic E-state index is 0.467. The van der Waals surface area contributed by atoms with Gasteiger partial charge in [-0.05, 0) is 110 Å². The van der Waals surface area contributed by atoms with Gasteiger partial charge in [0.2, 0.25) is 0 Å². The van der Waals surface area contributed by atoms with Gasteiger partial charge in [0, 0.05) is 11.3 Å². The first-order chi connectivity index (χ1) is 28.8. The summed E-state index contributed by atoms with van der Waals surface area (Å²) in [5.41, 5.74) is 17.1. The summed E-state index contributed by atoms with van der Waals surface area (Å²) in [5, 5.41) is 0. The molecule has 0 N–H and O–H groups in total. The van der Waals surface area contributed by atoms with E-state index in [1.54, 1.807) is 0 Å². The number of benzene rings is 9. The van der Waals surface area contributed by atoms with Crippen LogP contribution in [0.2, 0.25) is 0 Å². The van der Waals surface area contributed by atoms with Gasteiger partial charge in [-0.3, -0.25) is 0 Å². The van der Waals surface area contributed by atoms with Crippen molar-refractivity contribution < 1.29 is 9.47 Å². The zero-order chi connectivity index (χ0) is 38.2. The molecule has 272 valence electrons. The zero-order valence-corrected chi connectivity index (χ0v) is 31.5. The van der Waals surface area contributed by atoms with Gasteiger partial charge in [0.1, 0.15) is 0 Å². The average molecular weight is 742 g/mol. The zero-order valence-electron chi connectivity index (χ0n) is 31.5. The van der Waals surface area contributed by atoms with Crippen molar-refractivity contribution in [2.45, 2.75) is 5.41 Å². The number of hydrogen-bond donors (Lipinski definition) is 0. The lowest BCUT2D eigenvalue weighted by Crippen LogP contribution is -2.25. The molecule has 1 aliphatic heterocycles. The summed E-state index contributed by atoms with van der Waals surface area (Å²) in [7, 11) is 0. The molecule has 0 amide bonds. The molecule has 3 aliphatic rings. The SMILES string of the molecule is c1ccc(-c2cccc(-c3ccccc3N(c3ccccc3)c3cccc4c3Oc3cc5c(cc3O4)C3(c4ccccc4-c4ccccc43)c3ccccc3-5)c2)cc1. The Morgan fingerprint density at radius 1 is 0.310 bits per heavy atom. The number of rotatable bonds is 5. The lowest BCUT2D eigenvalue weighted by molar-refractivity contribution is 0.360. The second kappa shape index (κ2) is 12.7. The van der Waals surface area contributed by atoms with Crippen molar-refractivity contribution in [3.05, 3.63) is 235 Å². The first-order valence-electron chi connectivity index (χ1n) is 19.8. The Balaban J connectivity index is 1.02. The lowest BCUT2D eigenvalue weighted by atomic mass is 9.70. The van der Waals surface area contributed by atoms with Gasteiger partial charge < -0.3 is 14.4 Å². The number of anilines is 3. The number of nitrogens with zero attached hydrogens (tertiary/aromatic N) is 1. The summed E-state index contributed by atoms with van der Waals surface area (Å²) in [5.74, 6) is 2.75. The monoisotopic (exact) mass is 741 g/mol. The van der Waals surface area contributed by atoms with E-state index in [1.807, 2.05) is 6.07 Å². The van der Waals surface area contributed by atoms with Crippen LogP contribution in [0.25, 0.3) is 44.5 Å². The van der Waals surface area contributed by atoms with Crippen LogP contribution in [-0.2, 0) is 5.41 Å².